The summed E-state index contributed by atoms with van der Waals surface area (Å²) in [5.41, 5.74) is 3.42. The molecule has 0 N–H and O–H groups in total. The van der Waals surface area contributed by atoms with Gasteiger partial charge in [0.15, 0.2) is 0 Å². The maximum atomic E-state index is 14.0. The highest BCUT2D eigenvalue weighted by atomic mass is 35.5. The molecule has 2 aliphatic rings. The van der Waals surface area contributed by atoms with E-state index in [1.165, 1.54) is 24.5 Å². The number of benzene rings is 1. The lowest BCUT2D eigenvalue weighted by atomic mass is 9.85. The second-order valence-corrected chi connectivity index (χ2v) is 6.54. The predicted octanol–water partition coefficient (Wildman–Crippen LogP) is 5.50. The Morgan fingerprint density at radius 3 is 2.77 bits per heavy atom. The zero-order valence-electron chi connectivity index (χ0n) is 13.2. The summed E-state index contributed by atoms with van der Waals surface area (Å²) in [5, 5.41) is 9.01. The van der Waals surface area contributed by atoms with Crippen molar-refractivity contribution in [2.24, 2.45) is 0 Å². The van der Waals surface area contributed by atoms with Crippen LogP contribution in [0.2, 0.25) is 5.02 Å². The van der Waals surface area contributed by atoms with Crippen LogP contribution in [-0.4, -0.2) is 10.2 Å². The van der Waals surface area contributed by atoms with Crippen LogP contribution in [0.5, 0.6) is 0 Å². The molecule has 1 saturated carbocycles. The first kappa shape index (κ1) is 15.4. The first-order valence-corrected chi connectivity index (χ1v) is 8.29. The van der Waals surface area contributed by atoms with Crippen LogP contribution in [0, 0.1) is 5.82 Å². The van der Waals surface area contributed by atoms with E-state index in [-0.39, 0.29) is 11.2 Å². The minimum atomic E-state index is -0.346. The van der Waals surface area contributed by atoms with Crippen molar-refractivity contribution >= 4 is 11.6 Å². The van der Waals surface area contributed by atoms with E-state index < -0.39 is 0 Å². The average Bonchev–Trinajstić information content (AvgIpc) is 3.04. The smallest absolute Gasteiger partial charge is 0.134 e. The van der Waals surface area contributed by atoms with Crippen LogP contribution < -0.4 is 0 Å². The Morgan fingerprint density at radius 1 is 1.27 bits per heavy atom. The summed E-state index contributed by atoms with van der Waals surface area (Å²) < 4.78 is 14.0. The van der Waals surface area contributed by atoms with Gasteiger partial charge in [0.2, 0.25) is 0 Å². The van der Waals surface area contributed by atoms with Gasteiger partial charge in [0.25, 0.3) is 0 Å². The van der Waals surface area contributed by atoms with Crippen molar-refractivity contribution in [2.45, 2.75) is 51.4 Å². The first-order valence-electron chi connectivity index (χ1n) is 7.91. The van der Waals surface area contributed by atoms with Gasteiger partial charge in [0.05, 0.1) is 22.0 Å². The van der Waals surface area contributed by atoms with Crippen LogP contribution in [0.25, 0.3) is 11.3 Å². The fourth-order valence-corrected chi connectivity index (χ4v) is 4.03. The van der Waals surface area contributed by atoms with Crippen LogP contribution >= 0.6 is 11.6 Å². The van der Waals surface area contributed by atoms with Gasteiger partial charge < -0.3 is 0 Å². The number of rotatable bonds is 1. The van der Waals surface area contributed by atoms with Crippen molar-refractivity contribution in [1.82, 2.24) is 10.2 Å². The number of hydrogen-bond donors (Lipinski definition) is 0. The Labute approximate surface area is 135 Å². The molecule has 1 aromatic carbocycles. The second-order valence-electron chi connectivity index (χ2n) is 6.13. The van der Waals surface area contributed by atoms with Gasteiger partial charge in [0.1, 0.15) is 5.82 Å². The van der Waals surface area contributed by atoms with Crippen molar-refractivity contribution in [1.29, 1.82) is 0 Å². The number of aromatic nitrogens is 2. The largest absolute Gasteiger partial charge is 0.206 e. The van der Waals surface area contributed by atoms with Gasteiger partial charge in [-0.15, -0.1) is 0 Å². The summed E-state index contributed by atoms with van der Waals surface area (Å²) in [6.45, 7) is 6.25. The maximum Gasteiger partial charge on any atom is 0.134 e. The molecule has 1 fully saturated rings. The zero-order chi connectivity index (χ0) is 15.9. The highest BCUT2D eigenvalue weighted by Gasteiger charge is 2.47. The van der Waals surface area contributed by atoms with Gasteiger partial charge in [-0.3, -0.25) is 0 Å². The number of halogens is 2. The lowest BCUT2D eigenvalue weighted by Gasteiger charge is -2.22. The molecule has 0 unspecified atom stereocenters. The molecule has 0 aliphatic heterocycles. The summed E-state index contributed by atoms with van der Waals surface area (Å²) in [6, 6.07) is 6.68. The minimum Gasteiger partial charge on any atom is -0.206 e. The summed E-state index contributed by atoms with van der Waals surface area (Å²) in [6.07, 6.45) is 3.52. The molecule has 0 radical (unpaired) electrons. The summed E-state index contributed by atoms with van der Waals surface area (Å²) in [4.78, 5) is 0. The summed E-state index contributed by atoms with van der Waals surface area (Å²) >= 11 is 6.11. The zero-order valence-corrected chi connectivity index (χ0v) is 13.9. The third kappa shape index (κ3) is 2.23. The minimum absolute atomic E-state index is 0.171. The SMILES string of the molecule is CC.C[C@]12CC[C@H](C1)c1cc(-c3c(F)cccc3Cl)nnc12. The number of fused-ring (bicyclic) bond motifs is 5. The van der Waals surface area contributed by atoms with Gasteiger partial charge in [-0.2, -0.15) is 10.2 Å². The summed E-state index contributed by atoms with van der Waals surface area (Å²) in [5.74, 6) is 0.205. The Kier molecular flexibility index (Phi) is 3.94. The van der Waals surface area contributed by atoms with Crippen LogP contribution in [-0.2, 0) is 5.41 Å². The Hall–Kier alpha value is -1.48. The second kappa shape index (κ2) is 5.62. The van der Waals surface area contributed by atoms with Crippen LogP contribution in [0.3, 0.4) is 0 Å². The molecular formula is C18H20ClFN2. The van der Waals surface area contributed by atoms with Crippen molar-refractivity contribution in [3.63, 3.8) is 0 Å². The molecule has 2 aromatic rings. The highest BCUT2D eigenvalue weighted by Crippen LogP contribution is 2.56. The predicted molar refractivity (Wildman–Crippen MR) is 87.7 cm³/mol. The molecule has 116 valence electrons. The lowest BCUT2D eigenvalue weighted by Crippen LogP contribution is -2.18. The van der Waals surface area contributed by atoms with Gasteiger partial charge in [-0.1, -0.05) is 38.4 Å². The molecule has 1 aromatic heterocycles. The fourth-order valence-electron chi connectivity index (χ4n) is 3.77. The van der Waals surface area contributed by atoms with Crippen LogP contribution in [0.4, 0.5) is 4.39 Å². The van der Waals surface area contributed by atoms with Crippen LogP contribution in [0.15, 0.2) is 24.3 Å². The number of hydrogen-bond acceptors (Lipinski definition) is 2. The third-order valence-corrected chi connectivity index (χ3v) is 5.11. The quantitative estimate of drug-likeness (QED) is 0.693. The molecular weight excluding hydrogens is 299 g/mol. The van der Waals surface area contributed by atoms with Crippen molar-refractivity contribution < 1.29 is 4.39 Å². The van der Waals surface area contributed by atoms with E-state index in [0.717, 1.165) is 12.1 Å². The van der Waals surface area contributed by atoms with E-state index >= 15 is 0 Å². The van der Waals surface area contributed by atoms with Gasteiger partial charge in [0, 0.05) is 5.41 Å². The maximum absolute atomic E-state index is 14.0. The monoisotopic (exact) mass is 318 g/mol. The first-order chi connectivity index (χ1) is 10.6. The standard InChI is InChI=1S/C16H14ClFN2.C2H6/c1-16-6-5-9(8-16)10-7-13(19-20-15(10)16)14-11(17)3-2-4-12(14)18;1-2/h2-4,7,9H,5-6,8H2,1H3;1-2H3/t9-,16+;/m1./s1. The van der Waals surface area contributed by atoms with Gasteiger partial charge in [-0.25, -0.2) is 4.39 Å². The summed E-state index contributed by atoms with van der Waals surface area (Å²) in [7, 11) is 0. The number of nitrogens with zero attached hydrogens (tertiary/aromatic N) is 2. The van der Waals surface area contributed by atoms with E-state index in [1.807, 2.05) is 19.9 Å². The Bertz CT molecular complexity index is 696. The van der Waals surface area contributed by atoms with E-state index in [4.69, 9.17) is 11.6 Å². The molecule has 2 aliphatic carbocycles. The molecule has 4 rings (SSSR count). The molecule has 4 heteroatoms. The third-order valence-electron chi connectivity index (χ3n) is 4.80. The van der Waals surface area contributed by atoms with Crippen molar-refractivity contribution in [3.05, 3.63) is 46.4 Å². The molecule has 2 bridgehead atoms. The fraction of sp³-hybridized carbons (Fsp3) is 0.444. The molecule has 0 saturated heterocycles. The Morgan fingerprint density at radius 2 is 2.05 bits per heavy atom. The highest BCUT2D eigenvalue weighted by molar-refractivity contribution is 6.33. The van der Waals surface area contributed by atoms with E-state index in [9.17, 15) is 4.39 Å². The molecule has 1 heterocycles. The van der Waals surface area contributed by atoms with Crippen molar-refractivity contribution in [3.8, 4) is 11.3 Å². The lowest BCUT2D eigenvalue weighted by molar-refractivity contribution is 0.484. The van der Waals surface area contributed by atoms with Gasteiger partial charge >= 0.3 is 0 Å². The molecule has 0 amide bonds. The molecule has 0 spiro atoms. The van der Waals surface area contributed by atoms with Crippen molar-refractivity contribution in [2.75, 3.05) is 0 Å². The molecule has 22 heavy (non-hydrogen) atoms. The topological polar surface area (TPSA) is 25.8 Å². The van der Waals surface area contributed by atoms with Crippen LogP contribution in [0.1, 0.15) is 57.2 Å². The molecule has 2 nitrogen and oxygen atoms in total. The normalized spacial score (nSPS) is 24.7. The van der Waals surface area contributed by atoms with E-state index in [0.29, 0.717) is 22.2 Å². The molecule has 2 atom stereocenters. The average molecular weight is 319 g/mol. The Balaban J connectivity index is 0.000000693. The van der Waals surface area contributed by atoms with E-state index in [2.05, 4.69) is 17.1 Å². The van der Waals surface area contributed by atoms with Gasteiger partial charge in [-0.05, 0) is 48.9 Å². The van der Waals surface area contributed by atoms with E-state index in [1.54, 1.807) is 12.1 Å².